The number of aromatic nitrogens is 4. The number of piperidine rings is 1. The zero-order valence-electron chi connectivity index (χ0n) is 18.1. The normalized spacial score (nSPS) is 17.8. The number of urea groups is 1. The van der Waals surface area contributed by atoms with E-state index in [4.69, 9.17) is 16.3 Å². The summed E-state index contributed by atoms with van der Waals surface area (Å²) in [5.41, 5.74) is 0.910. The smallest absolute Gasteiger partial charge is 0.315 e. The summed E-state index contributed by atoms with van der Waals surface area (Å²) in [6, 6.07) is 3.46. The standard InChI is InChI=1S/C21H28ClN7O3/c1-32-19-12-18(29-13-23-26-27-29)17(22)11-16(19)20(30)28-9-7-15(8-10-28)25-21(31)24-14-5-3-2-4-6-14/h11-15H,2-10H2,1H3,(H2,24,25,31). The summed E-state index contributed by atoms with van der Waals surface area (Å²) in [5, 5.41) is 17.6. The van der Waals surface area contributed by atoms with Crippen LogP contribution in [0.25, 0.3) is 5.69 Å². The molecule has 1 aromatic carbocycles. The first-order valence-electron chi connectivity index (χ1n) is 11.0. The van der Waals surface area contributed by atoms with Crippen molar-refractivity contribution in [2.24, 2.45) is 0 Å². The van der Waals surface area contributed by atoms with E-state index in [1.54, 1.807) is 17.0 Å². The second kappa shape index (κ2) is 10.2. The van der Waals surface area contributed by atoms with Crippen molar-refractivity contribution in [1.82, 2.24) is 35.7 Å². The molecule has 1 aliphatic heterocycles. The van der Waals surface area contributed by atoms with E-state index in [2.05, 4.69) is 26.2 Å². The third-order valence-electron chi connectivity index (χ3n) is 6.15. The first-order valence-corrected chi connectivity index (χ1v) is 11.4. The van der Waals surface area contributed by atoms with Crippen molar-refractivity contribution >= 4 is 23.5 Å². The highest BCUT2D eigenvalue weighted by Crippen LogP contribution is 2.31. The summed E-state index contributed by atoms with van der Waals surface area (Å²) in [6.45, 7) is 1.09. The minimum absolute atomic E-state index is 0.0512. The Kier molecular flexibility index (Phi) is 7.09. The molecule has 32 heavy (non-hydrogen) atoms. The Hall–Kier alpha value is -2.88. The molecule has 172 valence electrons. The Morgan fingerprint density at radius 3 is 2.38 bits per heavy atom. The SMILES string of the molecule is COc1cc(-n2cnnn2)c(Cl)cc1C(=O)N1CCC(NC(=O)NC2CCCCC2)CC1. The highest BCUT2D eigenvalue weighted by molar-refractivity contribution is 6.33. The average molecular weight is 462 g/mol. The highest BCUT2D eigenvalue weighted by atomic mass is 35.5. The fourth-order valence-electron chi connectivity index (χ4n) is 4.38. The van der Waals surface area contributed by atoms with Crippen LogP contribution in [0.3, 0.4) is 0 Å². The van der Waals surface area contributed by atoms with Crippen LogP contribution >= 0.6 is 11.6 Å². The van der Waals surface area contributed by atoms with Crippen LogP contribution in [0.15, 0.2) is 18.5 Å². The van der Waals surface area contributed by atoms with Crippen molar-refractivity contribution in [3.05, 3.63) is 29.0 Å². The van der Waals surface area contributed by atoms with Crippen LogP contribution in [0.1, 0.15) is 55.3 Å². The Morgan fingerprint density at radius 2 is 1.75 bits per heavy atom. The van der Waals surface area contributed by atoms with Gasteiger partial charge >= 0.3 is 6.03 Å². The molecule has 11 heteroatoms. The lowest BCUT2D eigenvalue weighted by Crippen LogP contribution is -2.51. The number of halogens is 1. The van der Waals surface area contributed by atoms with E-state index >= 15 is 0 Å². The molecule has 0 bridgehead atoms. The van der Waals surface area contributed by atoms with E-state index in [1.807, 2.05) is 0 Å². The van der Waals surface area contributed by atoms with E-state index in [1.165, 1.54) is 37.4 Å². The predicted octanol–water partition coefficient (Wildman–Crippen LogP) is 2.56. The molecule has 2 N–H and O–H groups in total. The molecule has 1 saturated heterocycles. The van der Waals surface area contributed by atoms with Crippen LogP contribution < -0.4 is 15.4 Å². The summed E-state index contributed by atoms with van der Waals surface area (Å²) in [4.78, 5) is 27.2. The van der Waals surface area contributed by atoms with Crippen molar-refractivity contribution in [2.45, 2.75) is 57.0 Å². The Balaban J connectivity index is 1.35. The summed E-state index contributed by atoms with van der Waals surface area (Å²) < 4.78 is 6.85. The van der Waals surface area contributed by atoms with Crippen LogP contribution in [-0.2, 0) is 0 Å². The number of carbonyl (C=O) groups excluding carboxylic acids is 2. The molecule has 1 saturated carbocycles. The minimum Gasteiger partial charge on any atom is -0.496 e. The largest absolute Gasteiger partial charge is 0.496 e. The van der Waals surface area contributed by atoms with Gasteiger partial charge in [-0.1, -0.05) is 30.9 Å². The number of nitrogens with zero attached hydrogens (tertiary/aromatic N) is 5. The van der Waals surface area contributed by atoms with E-state index in [0.29, 0.717) is 48.0 Å². The molecular weight excluding hydrogens is 434 g/mol. The summed E-state index contributed by atoms with van der Waals surface area (Å²) >= 11 is 6.40. The number of nitrogens with one attached hydrogen (secondary N) is 2. The first kappa shape index (κ1) is 22.3. The molecule has 0 atom stereocenters. The number of ether oxygens (including phenoxy) is 1. The summed E-state index contributed by atoms with van der Waals surface area (Å²) in [5.74, 6) is 0.245. The third kappa shape index (κ3) is 5.12. The van der Waals surface area contributed by atoms with E-state index in [9.17, 15) is 9.59 Å². The fraction of sp³-hybridized carbons (Fsp3) is 0.571. The number of tetrazole rings is 1. The quantitative estimate of drug-likeness (QED) is 0.707. The second-order valence-corrected chi connectivity index (χ2v) is 8.68. The maximum absolute atomic E-state index is 13.2. The number of carbonyl (C=O) groups is 2. The van der Waals surface area contributed by atoms with Crippen molar-refractivity contribution in [2.75, 3.05) is 20.2 Å². The van der Waals surface area contributed by atoms with Gasteiger partial charge < -0.3 is 20.3 Å². The topological polar surface area (TPSA) is 114 Å². The van der Waals surface area contributed by atoms with Crippen molar-refractivity contribution in [3.8, 4) is 11.4 Å². The average Bonchev–Trinajstić information content (AvgIpc) is 3.34. The Bertz CT molecular complexity index is 939. The lowest BCUT2D eigenvalue weighted by molar-refractivity contribution is 0.0705. The Labute approximate surface area is 191 Å². The van der Waals surface area contributed by atoms with E-state index < -0.39 is 0 Å². The second-order valence-electron chi connectivity index (χ2n) is 8.28. The van der Waals surface area contributed by atoms with Crippen LogP contribution in [0.5, 0.6) is 5.75 Å². The molecule has 0 spiro atoms. The van der Waals surface area contributed by atoms with Gasteiger partial charge in [-0.2, -0.15) is 4.68 Å². The highest BCUT2D eigenvalue weighted by Gasteiger charge is 2.28. The number of amides is 3. The molecule has 2 aliphatic rings. The summed E-state index contributed by atoms with van der Waals surface area (Å²) in [6.07, 6.45) is 8.53. The van der Waals surface area contributed by atoms with Crippen LogP contribution in [0, 0.1) is 0 Å². The number of rotatable bonds is 5. The number of hydrogen-bond donors (Lipinski definition) is 2. The van der Waals surface area contributed by atoms with Gasteiger partial charge in [0.2, 0.25) is 0 Å². The minimum atomic E-state index is -0.155. The monoisotopic (exact) mass is 461 g/mol. The lowest BCUT2D eigenvalue weighted by Gasteiger charge is -2.33. The lowest BCUT2D eigenvalue weighted by atomic mass is 9.96. The van der Waals surface area contributed by atoms with Crippen molar-refractivity contribution in [1.29, 1.82) is 0 Å². The molecule has 2 aromatic rings. The zero-order chi connectivity index (χ0) is 22.5. The molecular formula is C21H28ClN7O3. The molecule has 2 fully saturated rings. The van der Waals surface area contributed by atoms with Crippen LogP contribution in [0.2, 0.25) is 5.02 Å². The number of likely N-dealkylation sites (tertiary alicyclic amines) is 1. The van der Waals surface area contributed by atoms with Gasteiger partial charge in [0.15, 0.2) is 0 Å². The maximum atomic E-state index is 13.2. The predicted molar refractivity (Wildman–Crippen MR) is 118 cm³/mol. The van der Waals surface area contributed by atoms with Gasteiger partial charge in [0, 0.05) is 31.2 Å². The molecule has 1 aromatic heterocycles. The van der Waals surface area contributed by atoms with Gasteiger partial charge in [0.1, 0.15) is 12.1 Å². The van der Waals surface area contributed by atoms with Crippen molar-refractivity contribution in [3.63, 3.8) is 0 Å². The number of hydrogen-bond acceptors (Lipinski definition) is 6. The number of methoxy groups -OCH3 is 1. The summed E-state index contributed by atoms with van der Waals surface area (Å²) in [7, 11) is 1.50. The zero-order valence-corrected chi connectivity index (χ0v) is 18.8. The molecule has 0 unspecified atom stereocenters. The van der Waals surface area contributed by atoms with Crippen LogP contribution in [-0.4, -0.2) is 69.3 Å². The molecule has 10 nitrogen and oxygen atoms in total. The molecule has 4 rings (SSSR count). The first-order chi connectivity index (χ1) is 15.5. The van der Waals surface area contributed by atoms with E-state index in [0.717, 1.165) is 12.8 Å². The van der Waals surface area contributed by atoms with Gasteiger partial charge in [-0.3, -0.25) is 4.79 Å². The van der Waals surface area contributed by atoms with Gasteiger partial charge in [0.05, 0.1) is 23.4 Å². The van der Waals surface area contributed by atoms with E-state index in [-0.39, 0.29) is 24.0 Å². The fourth-order valence-corrected chi connectivity index (χ4v) is 4.63. The molecule has 2 heterocycles. The van der Waals surface area contributed by atoms with Gasteiger partial charge in [-0.05, 0) is 42.2 Å². The van der Waals surface area contributed by atoms with Gasteiger partial charge in [-0.25, -0.2) is 4.79 Å². The maximum Gasteiger partial charge on any atom is 0.315 e. The third-order valence-corrected chi connectivity index (χ3v) is 6.46. The Morgan fingerprint density at radius 1 is 1.06 bits per heavy atom. The van der Waals surface area contributed by atoms with Gasteiger partial charge in [-0.15, -0.1) is 5.10 Å². The van der Waals surface area contributed by atoms with Crippen LogP contribution in [0.4, 0.5) is 4.79 Å². The molecule has 1 aliphatic carbocycles. The number of benzene rings is 1. The molecule has 0 radical (unpaired) electrons. The van der Waals surface area contributed by atoms with Gasteiger partial charge in [0.25, 0.3) is 5.91 Å². The van der Waals surface area contributed by atoms with Crippen molar-refractivity contribution < 1.29 is 14.3 Å². The molecule has 3 amide bonds.